The van der Waals surface area contributed by atoms with Crippen molar-refractivity contribution in [3.63, 3.8) is 0 Å². The van der Waals surface area contributed by atoms with Crippen LogP contribution in [0.2, 0.25) is 0 Å². The molecule has 1 aromatic carbocycles. The number of unbranched alkanes of at least 4 members (excludes halogenated alkanes) is 1. The molecule has 0 aliphatic rings. The fraction of sp³-hybridized carbons (Fsp3) is 0.278. The van der Waals surface area contributed by atoms with Gasteiger partial charge in [0.1, 0.15) is 10.5 Å². The standard InChI is InChI=1S/C18H21N3O2S/c1-2-3-12-21-14-17(16-10-7-11-19-18(16)21)24(22,23)20-13-15-8-5-4-6-9-15/h4-11,14,20H,2-3,12-13H2,1H3. The lowest BCUT2D eigenvalue weighted by molar-refractivity contribution is 0.580. The molecule has 6 heteroatoms. The van der Waals surface area contributed by atoms with Crippen LogP contribution in [0.4, 0.5) is 0 Å². The van der Waals surface area contributed by atoms with Crippen molar-refractivity contribution in [3.8, 4) is 0 Å². The largest absolute Gasteiger partial charge is 0.331 e. The van der Waals surface area contributed by atoms with E-state index < -0.39 is 10.0 Å². The molecular weight excluding hydrogens is 322 g/mol. The Kier molecular flexibility index (Phi) is 4.97. The van der Waals surface area contributed by atoms with Gasteiger partial charge in [0.2, 0.25) is 10.0 Å². The van der Waals surface area contributed by atoms with Gasteiger partial charge in [-0.25, -0.2) is 18.1 Å². The monoisotopic (exact) mass is 343 g/mol. The summed E-state index contributed by atoms with van der Waals surface area (Å²) in [5.41, 5.74) is 1.64. The lowest BCUT2D eigenvalue weighted by Gasteiger charge is -2.05. The summed E-state index contributed by atoms with van der Waals surface area (Å²) in [6.45, 7) is 3.14. The van der Waals surface area contributed by atoms with Gasteiger partial charge in [-0.05, 0) is 24.1 Å². The molecule has 5 nitrogen and oxygen atoms in total. The normalized spacial score (nSPS) is 11.9. The number of aromatic nitrogens is 2. The number of aryl methyl sites for hydroxylation is 1. The van der Waals surface area contributed by atoms with Crippen molar-refractivity contribution in [2.75, 3.05) is 0 Å². The van der Waals surface area contributed by atoms with Gasteiger partial charge in [-0.3, -0.25) is 0 Å². The Balaban J connectivity index is 1.92. The molecule has 0 saturated heterocycles. The highest BCUT2D eigenvalue weighted by Gasteiger charge is 2.21. The second-order valence-corrected chi connectivity index (χ2v) is 7.46. The van der Waals surface area contributed by atoms with E-state index in [0.29, 0.717) is 11.0 Å². The molecule has 0 atom stereocenters. The molecule has 24 heavy (non-hydrogen) atoms. The highest BCUT2D eigenvalue weighted by atomic mass is 32.2. The number of nitrogens with one attached hydrogen (secondary N) is 1. The summed E-state index contributed by atoms with van der Waals surface area (Å²) < 4.78 is 30.1. The summed E-state index contributed by atoms with van der Waals surface area (Å²) >= 11 is 0. The minimum Gasteiger partial charge on any atom is -0.331 e. The molecule has 0 spiro atoms. The van der Waals surface area contributed by atoms with Crippen LogP contribution in [-0.4, -0.2) is 18.0 Å². The molecule has 0 fully saturated rings. The summed E-state index contributed by atoms with van der Waals surface area (Å²) in [6, 6.07) is 13.1. The van der Waals surface area contributed by atoms with Crippen molar-refractivity contribution in [2.24, 2.45) is 0 Å². The first-order chi connectivity index (χ1) is 11.6. The molecule has 2 aromatic heterocycles. The van der Waals surface area contributed by atoms with Crippen molar-refractivity contribution >= 4 is 21.1 Å². The average molecular weight is 343 g/mol. The number of fused-ring (bicyclic) bond motifs is 1. The second-order valence-electron chi connectivity index (χ2n) is 5.73. The highest BCUT2D eigenvalue weighted by molar-refractivity contribution is 7.89. The van der Waals surface area contributed by atoms with Crippen LogP contribution in [0.15, 0.2) is 59.8 Å². The van der Waals surface area contributed by atoms with Gasteiger partial charge in [0.25, 0.3) is 0 Å². The van der Waals surface area contributed by atoms with Gasteiger partial charge in [-0.1, -0.05) is 43.7 Å². The zero-order chi connectivity index (χ0) is 17.0. The minimum absolute atomic E-state index is 0.269. The first-order valence-corrected chi connectivity index (χ1v) is 9.57. The molecule has 126 valence electrons. The van der Waals surface area contributed by atoms with Crippen molar-refractivity contribution in [1.82, 2.24) is 14.3 Å². The molecule has 0 saturated carbocycles. The Hall–Kier alpha value is -2.18. The van der Waals surface area contributed by atoms with E-state index >= 15 is 0 Å². The van der Waals surface area contributed by atoms with E-state index in [4.69, 9.17) is 0 Å². The number of nitrogens with zero attached hydrogens (tertiary/aromatic N) is 2. The topological polar surface area (TPSA) is 64.0 Å². The molecule has 3 rings (SSSR count). The van der Waals surface area contributed by atoms with Gasteiger partial charge in [-0.15, -0.1) is 0 Å². The number of hydrogen-bond acceptors (Lipinski definition) is 3. The Morgan fingerprint density at radius 1 is 1.12 bits per heavy atom. The predicted octanol–water partition coefficient (Wildman–Crippen LogP) is 3.31. The zero-order valence-corrected chi connectivity index (χ0v) is 14.5. The maximum Gasteiger partial charge on any atom is 0.243 e. The van der Waals surface area contributed by atoms with Gasteiger partial charge in [-0.2, -0.15) is 0 Å². The van der Waals surface area contributed by atoms with Crippen molar-refractivity contribution in [3.05, 3.63) is 60.4 Å². The molecule has 1 N–H and O–H groups in total. The highest BCUT2D eigenvalue weighted by Crippen LogP contribution is 2.24. The van der Waals surface area contributed by atoms with Crippen LogP contribution >= 0.6 is 0 Å². The lowest BCUT2D eigenvalue weighted by atomic mass is 10.2. The summed E-state index contributed by atoms with van der Waals surface area (Å²) in [6.07, 6.45) is 5.41. The van der Waals surface area contributed by atoms with E-state index in [1.165, 1.54) is 0 Å². The first kappa shape index (κ1) is 16.7. The Bertz CT molecular complexity index is 918. The number of hydrogen-bond donors (Lipinski definition) is 1. The molecule has 0 radical (unpaired) electrons. The van der Waals surface area contributed by atoms with Gasteiger partial charge in [0, 0.05) is 30.9 Å². The first-order valence-electron chi connectivity index (χ1n) is 8.09. The van der Waals surface area contributed by atoms with E-state index in [1.807, 2.05) is 41.0 Å². The molecule has 2 heterocycles. The van der Waals surface area contributed by atoms with E-state index in [9.17, 15) is 8.42 Å². The smallest absolute Gasteiger partial charge is 0.243 e. The SMILES string of the molecule is CCCCn1cc(S(=O)(=O)NCc2ccccc2)c2cccnc21. The fourth-order valence-corrected chi connectivity index (χ4v) is 3.88. The van der Waals surface area contributed by atoms with Gasteiger partial charge < -0.3 is 4.57 Å². The Morgan fingerprint density at radius 2 is 1.92 bits per heavy atom. The Labute approximate surface area is 142 Å². The van der Waals surface area contributed by atoms with Crippen LogP contribution in [0.1, 0.15) is 25.3 Å². The van der Waals surface area contributed by atoms with E-state index in [0.717, 1.165) is 24.9 Å². The van der Waals surface area contributed by atoms with E-state index in [2.05, 4.69) is 16.6 Å². The summed E-state index contributed by atoms with van der Waals surface area (Å²) in [5, 5.41) is 0.661. The van der Waals surface area contributed by atoms with Crippen molar-refractivity contribution in [1.29, 1.82) is 0 Å². The molecule has 0 aliphatic carbocycles. The molecular formula is C18H21N3O2S. The third-order valence-corrected chi connectivity index (χ3v) is 5.38. The van der Waals surface area contributed by atoms with Crippen LogP contribution in [0.25, 0.3) is 11.0 Å². The zero-order valence-electron chi connectivity index (χ0n) is 13.6. The number of benzene rings is 1. The van der Waals surface area contributed by atoms with Crippen LogP contribution in [-0.2, 0) is 23.1 Å². The summed E-state index contributed by atoms with van der Waals surface area (Å²) in [5.74, 6) is 0. The van der Waals surface area contributed by atoms with E-state index in [1.54, 1.807) is 18.5 Å². The minimum atomic E-state index is -3.60. The summed E-state index contributed by atoms with van der Waals surface area (Å²) in [7, 11) is -3.60. The van der Waals surface area contributed by atoms with Crippen molar-refractivity contribution in [2.45, 2.75) is 37.8 Å². The lowest BCUT2D eigenvalue weighted by Crippen LogP contribution is -2.23. The maximum absolute atomic E-state index is 12.8. The number of pyridine rings is 1. The molecule has 0 bridgehead atoms. The number of rotatable bonds is 7. The van der Waals surface area contributed by atoms with Gasteiger partial charge in [0.15, 0.2) is 0 Å². The quantitative estimate of drug-likeness (QED) is 0.716. The predicted molar refractivity (Wildman–Crippen MR) is 95.1 cm³/mol. The fourth-order valence-electron chi connectivity index (χ4n) is 2.66. The van der Waals surface area contributed by atoms with Crippen LogP contribution in [0.5, 0.6) is 0 Å². The molecule has 0 amide bonds. The Morgan fingerprint density at radius 3 is 2.67 bits per heavy atom. The number of sulfonamides is 1. The van der Waals surface area contributed by atoms with Crippen LogP contribution in [0, 0.1) is 0 Å². The van der Waals surface area contributed by atoms with Crippen molar-refractivity contribution < 1.29 is 8.42 Å². The molecule has 0 unspecified atom stereocenters. The second kappa shape index (κ2) is 7.15. The average Bonchev–Trinajstić information content (AvgIpc) is 2.99. The molecule has 3 aromatic rings. The maximum atomic E-state index is 12.8. The molecule has 0 aliphatic heterocycles. The van der Waals surface area contributed by atoms with Gasteiger partial charge >= 0.3 is 0 Å². The third kappa shape index (κ3) is 3.49. The van der Waals surface area contributed by atoms with Crippen LogP contribution in [0.3, 0.4) is 0 Å². The summed E-state index contributed by atoms with van der Waals surface area (Å²) in [4.78, 5) is 4.65. The van der Waals surface area contributed by atoms with E-state index in [-0.39, 0.29) is 11.4 Å². The third-order valence-electron chi connectivity index (χ3n) is 3.95. The van der Waals surface area contributed by atoms with Crippen LogP contribution < -0.4 is 4.72 Å². The van der Waals surface area contributed by atoms with Gasteiger partial charge in [0.05, 0.1) is 0 Å².